The zero-order valence-electron chi connectivity index (χ0n) is 23.6. The highest BCUT2D eigenvalue weighted by molar-refractivity contribution is 6.31. The Labute approximate surface area is 267 Å². The summed E-state index contributed by atoms with van der Waals surface area (Å²) < 4.78 is 29.4. The van der Waals surface area contributed by atoms with Gasteiger partial charge in [-0.05, 0) is 47.2 Å². The van der Waals surface area contributed by atoms with E-state index in [2.05, 4.69) is 15.5 Å². The molecule has 1 spiro atoms. The van der Waals surface area contributed by atoms with E-state index in [1.165, 1.54) is 24.3 Å². The quantitative estimate of drug-likeness (QED) is 0.418. The molecule has 2 amide bonds. The molecule has 5 rings (SSSR count). The molecule has 13 heteroatoms. The molecule has 3 heterocycles. The van der Waals surface area contributed by atoms with Gasteiger partial charge in [-0.25, -0.2) is 8.78 Å². The number of piperazine rings is 1. The molecular weight excluding hydrogens is 632 g/mol. The van der Waals surface area contributed by atoms with Crippen molar-refractivity contribution in [2.45, 2.75) is 50.6 Å². The van der Waals surface area contributed by atoms with E-state index in [4.69, 9.17) is 23.2 Å². The summed E-state index contributed by atoms with van der Waals surface area (Å²) in [5.74, 6) is -2.67. The average Bonchev–Trinajstić information content (AvgIpc) is 3.35. The largest absolute Gasteiger partial charge is 0.395 e. The molecule has 7 nitrogen and oxygen atoms in total. The number of nitrogens with one attached hydrogen (secondary N) is 2. The number of carbonyl (C=O) groups excluding carboxylic acids is 2. The van der Waals surface area contributed by atoms with Crippen LogP contribution in [-0.2, 0) is 15.0 Å². The van der Waals surface area contributed by atoms with Gasteiger partial charge in [-0.3, -0.25) is 14.5 Å². The smallest absolute Gasteiger partial charge is 0.240 e. The fourth-order valence-corrected chi connectivity index (χ4v) is 7.01. The van der Waals surface area contributed by atoms with Crippen LogP contribution in [0.5, 0.6) is 0 Å². The Bertz CT molecular complexity index is 1340. The minimum absolute atomic E-state index is 0. The van der Waals surface area contributed by atoms with Crippen molar-refractivity contribution in [1.82, 2.24) is 15.1 Å². The van der Waals surface area contributed by atoms with E-state index < -0.39 is 35.1 Å². The van der Waals surface area contributed by atoms with Gasteiger partial charge < -0.3 is 20.6 Å². The van der Waals surface area contributed by atoms with Crippen LogP contribution in [0.3, 0.4) is 0 Å². The lowest BCUT2D eigenvalue weighted by atomic mass is 9.62. The highest BCUT2D eigenvalue weighted by Crippen LogP contribution is 2.57. The van der Waals surface area contributed by atoms with Crippen molar-refractivity contribution in [3.05, 3.63) is 63.1 Å². The van der Waals surface area contributed by atoms with Crippen molar-refractivity contribution < 1.29 is 23.5 Å². The Hall–Kier alpha value is -1.72. The Kier molecular flexibility index (Phi) is 10.8. The summed E-state index contributed by atoms with van der Waals surface area (Å²) in [5.41, 5.74) is -0.354. The van der Waals surface area contributed by atoms with Crippen molar-refractivity contribution >= 4 is 65.5 Å². The number of benzene rings is 2. The molecule has 4 atom stereocenters. The fourth-order valence-electron chi connectivity index (χ4n) is 6.66. The number of rotatable bonds is 5. The number of nitrogens with zero attached hydrogens (tertiary/aromatic N) is 2. The molecule has 3 aliphatic rings. The topological polar surface area (TPSA) is 84.9 Å². The average molecular weight is 668 g/mol. The van der Waals surface area contributed by atoms with Crippen molar-refractivity contribution in [1.29, 1.82) is 0 Å². The van der Waals surface area contributed by atoms with Gasteiger partial charge in [0.05, 0.1) is 22.7 Å². The fraction of sp³-hybridized carbons (Fsp3) is 0.517. The van der Waals surface area contributed by atoms with Crippen LogP contribution in [0.2, 0.25) is 10.0 Å². The summed E-state index contributed by atoms with van der Waals surface area (Å²) in [4.78, 5) is 32.3. The molecule has 2 aromatic rings. The molecule has 3 aliphatic heterocycles. The van der Waals surface area contributed by atoms with Crippen molar-refractivity contribution in [2.75, 3.05) is 44.6 Å². The molecule has 2 saturated heterocycles. The van der Waals surface area contributed by atoms with Crippen LogP contribution in [-0.4, -0.2) is 78.1 Å². The van der Waals surface area contributed by atoms with Crippen LogP contribution < -0.4 is 10.6 Å². The minimum atomic E-state index is -1.39. The van der Waals surface area contributed by atoms with Crippen LogP contribution in [0, 0.1) is 17.0 Å². The maximum atomic E-state index is 15.0. The number of aliphatic hydroxyl groups is 1. The van der Waals surface area contributed by atoms with Crippen LogP contribution in [0.25, 0.3) is 0 Å². The molecule has 0 aliphatic carbocycles. The van der Waals surface area contributed by atoms with E-state index in [1.54, 1.807) is 11.0 Å². The van der Waals surface area contributed by atoms with Crippen molar-refractivity contribution in [3.63, 3.8) is 0 Å². The zero-order chi connectivity index (χ0) is 29.0. The number of β-amino-alcohol motifs (C(OH)–C–C–N with tert-alkyl or cyclic N) is 1. The summed E-state index contributed by atoms with van der Waals surface area (Å²) in [6.45, 7) is 8.81. The molecule has 0 bridgehead atoms. The number of fused-ring (bicyclic) bond motifs is 2. The lowest BCUT2D eigenvalue weighted by Crippen LogP contribution is -2.54. The molecule has 3 N–H and O–H groups in total. The second kappa shape index (κ2) is 13.1. The molecule has 0 aromatic heterocycles. The standard InChI is InChI=1S/C29H34Cl2F2N4O3.2ClH/c1-28(2,3)15-23-29(17-13-21(33)19(31)14-22(17)34-27(29)40)24(16-4-5-20(32)18(30)12-16)25(35-23)26(39)37-8-6-36(7-9-37)10-11-38;;/h4-5,12-14,23-25,35,38H,6-11,15H2,1-3H3,(H,34,40);2*1H/t23-,24+,25-,29+;;/m1../s1. The number of hydrogen-bond donors (Lipinski definition) is 3. The normalized spacial score (nSPS) is 25.6. The number of amides is 2. The Balaban J connectivity index is 0.00000242. The molecule has 0 saturated carbocycles. The maximum absolute atomic E-state index is 15.0. The number of halogens is 6. The second-order valence-corrected chi connectivity index (χ2v) is 13.0. The number of aliphatic hydroxyl groups excluding tert-OH is 1. The van der Waals surface area contributed by atoms with Crippen LogP contribution >= 0.6 is 48.0 Å². The Morgan fingerprint density at radius 2 is 1.69 bits per heavy atom. The summed E-state index contributed by atoms with van der Waals surface area (Å²) in [7, 11) is 0. The first-order valence-electron chi connectivity index (χ1n) is 13.5. The van der Waals surface area contributed by atoms with E-state index in [9.17, 15) is 19.1 Å². The molecule has 2 aromatic carbocycles. The van der Waals surface area contributed by atoms with E-state index in [0.717, 1.165) is 0 Å². The molecule has 0 radical (unpaired) electrons. The second-order valence-electron chi connectivity index (χ2n) is 12.1. The molecule has 232 valence electrons. The van der Waals surface area contributed by atoms with Gasteiger partial charge in [0.1, 0.15) is 17.0 Å². The Morgan fingerprint density at radius 1 is 1.05 bits per heavy atom. The van der Waals surface area contributed by atoms with Gasteiger partial charge in [-0.2, -0.15) is 0 Å². The summed E-state index contributed by atoms with van der Waals surface area (Å²) in [6.07, 6.45) is 0.490. The highest BCUT2D eigenvalue weighted by Gasteiger charge is 2.66. The number of anilines is 1. The maximum Gasteiger partial charge on any atom is 0.240 e. The summed E-state index contributed by atoms with van der Waals surface area (Å²) in [6, 6.07) is 5.49. The summed E-state index contributed by atoms with van der Waals surface area (Å²) >= 11 is 12.3. The number of carbonyl (C=O) groups is 2. The monoisotopic (exact) mass is 666 g/mol. The van der Waals surface area contributed by atoms with Gasteiger partial charge in [0.2, 0.25) is 11.8 Å². The van der Waals surface area contributed by atoms with Gasteiger partial charge in [-0.1, -0.05) is 50.0 Å². The third-order valence-electron chi connectivity index (χ3n) is 8.37. The van der Waals surface area contributed by atoms with Gasteiger partial charge in [0.15, 0.2) is 0 Å². The van der Waals surface area contributed by atoms with Crippen molar-refractivity contribution in [3.8, 4) is 0 Å². The molecule has 2 fully saturated rings. The first kappa shape index (κ1) is 34.8. The lowest BCUT2D eigenvalue weighted by Gasteiger charge is -2.39. The molecule has 42 heavy (non-hydrogen) atoms. The molecular formula is C29H36Cl4F2N4O3. The van der Waals surface area contributed by atoms with Gasteiger partial charge >= 0.3 is 0 Å². The van der Waals surface area contributed by atoms with Gasteiger partial charge in [0, 0.05) is 50.4 Å². The van der Waals surface area contributed by atoms with E-state index >= 15 is 4.39 Å². The third-order valence-corrected chi connectivity index (χ3v) is 8.95. The van der Waals surface area contributed by atoms with Crippen LogP contribution in [0.15, 0.2) is 30.3 Å². The summed E-state index contributed by atoms with van der Waals surface area (Å²) in [5, 5.41) is 15.5. The first-order chi connectivity index (χ1) is 18.9. The predicted molar refractivity (Wildman–Crippen MR) is 165 cm³/mol. The molecule has 0 unspecified atom stereocenters. The van der Waals surface area contributed by atoms with E-state index in [0.29, 0.717) is 56.0 Å². The van der Waals surface area contributed by atoms with Gasteiger partial charge in [-0.15, -0.1) is 24.8 Å². The van der Waals surface area contributed by atoms with Crippen LogP contribution in [0.1, 0.15) is 44.2 Å². The van der Waals surface area contributed by atoms with E-state index in [-0.39, 0.29) is 58.7 Å². The van der Waals surface area contributed by atoms with E-state index in [1.807, 2.05) is 20.8 Å². The zero-order valence-corrected chi connectivity index (χ0v) is 26.7. The van der Waals surface area contributed by atoms with Crippen LogP contribution in [0.4, 0.5) is 14.5 Å². The SMILES string of the molecule is CC(C)(C)C[C@H]1N[C@@H](C(=O)N2CCN(CCO)CC2)[C@H](c2ccc(F)c(Cl)c2)[C@@]12C(=O)Nc1cc(Cl)c(F)cc12.Cl.Cl. The van der Waals surface area contributed by atoms with Gasteiger partial charge in [0.25, 0.3) is 0 Å². The highest BCUT2D eigenvalue weighted by atomic mass is 35.5. The number of hydrogen-bond acceptors (Lipinski definition) is 5. The van der Waals surface area contributed by atoms with Crippen molar-refractivity contribution in [2.24, 2.45) is 5.41 Å². The predicted octanol–water partition coefficient (Wildman–Crippen LogP) is 5.00. The lowest BCUT2D eigenvalue weighted by molar-refractivity contribution is -0.135. The first-order valence-corrected chi connectivity index (χ1v) is 14.3. The Morgan fingerprint density at radius 3 is 2.29 bits per heavy atom. The third kappa shape index (κ3) is 6.11. The minimum Gasteiger partial charge on any atom is -0.395 e.